The van der Waals surface area contributed by atoms with Gasteiger partial charge in [0, 0.05) is 199 Å². The number of benzene rings is 8. The van der Waals surface area contributed by atoms with E-state index in [1.165, 1.54) is 24.3 Å². The molecule has 0 fully saturated rings. The Bertz CT molecular complexity index is 4560. The number of aromatic hydroxyl groups is 2. The summed E-state index contributed by atoms with van der Waals surface area (Å²) in [5, 5.41) is 56.7. The number of hydrogen-bond acceptors (Lipinski definition) is 23. The second kappa shape index (κ2) is 32.2. The zero-order valence-electron chi connectivity index (χ0n) is 46.1. The van der Waals surface area contributed by atoms with Crippen molar-refractivity contribution in [1.29, 1.82) is 0 Å². The van der Waals surface area contributed by atoms with Crippen LogP contribution in [0.5, 0.6) is 11.5 Å². The number of amides is 2. The van der Waals surface area contributed by atoms with E-state index in [0.29, 0.717) is 0 Å². The summed E-state index contributed by atoms with van der Waals surface area (Å²) in [6.45, 7) is 0. The molecule has 430 valence electrons. The largest absolute Gasteiger partial charge is 0.505 e. The number of azo groups is 4. The predicted octanol–water partition coefficient (Wildman–Crippen LogP) is 7.91. The summed E-state index contributed by atoms with van der Waals surface area (Å²) in [6.07, 6.45) is 0. The third kappa shape index (κ3) is 20.5. The van der Waals surface area contributed by atoms with Gasteiger partial charge in [-0.2, -0.15) is 71.0 Å². The third-order valence-electron chi connectivity index (χ3n) is 11.0. The number of carbonyl (C=O) groups excluding carboxylic acids is 1. The van der Waals surface area contributed by atoms with E-state index < -0.39 is 130 Å². The monoisotopic (exact) mass is 1380 g/mol. The van der Waals surface area contributed by atoms with Gasteiger partial charge in [-0.05, 0) is 144 Å². The topological polar surface area (TPSA) is 507 Å². The van der Waals surface area contributed by atoms with Gasteiger partial charge in [0.2, 0.25) is 0 Å². The molecule has 0 atom stereocenters. The molecule has 31 nitrogen and oxygen atoms in total. The molecule has 43 heteroatoms. The molecule has 0 saturated carbocycles. The van der Waals surface area contributed by atoms with Crippen molar-refractivity contribution in [3.8, 4) is 11.5 Å². The van der Waals surface area contributed by atoms with Crippen molar-refractivity contribution in [3.63, 3.8) is 0 Å². The molecule has 0 bridgehead atoms. The van der Waals surface area contributed by atoms with Crippen LogP contribution in [0.15, 0.2) is 204 Å². The molecule has 8 aromatic carbocycles. The fraction of sp³-hybridized carbons (Fsp3) is 0. The van der Waals surface area contributed by atoms with Gasteiger partial charge in [-0.3, -0.25) is 27.3 Å². The van der Waals surface area contributed by atoms with E-state index in [-0.39, 0.29) is 233 Å². The van der Waals surface area contributed by atoms with E-state index in [2.05, 4.69) is 51.5 Å². The molecule has 2 amide bonds. The minimum Gasteiger partial charge on any atom is -0.505 e. The smallest absolute Gasteiger partial charge is 0.323 e. The Hall–Kier alpha value is -2.99. The van der Waals surface area contributed by atoms with Gasteiger partial charge >= 0.3 is 6.03 Å². The van der Waals surface area contributed by atoms with Crippen LogP contribution < -0.4 is 10.6 Å². The minimum atomic E-state index is -5.28. The summed E-state index contributed by atoms with van der Waals surface area (Å²) < 4.78 is 204. The number of fused-ring (bicyclic) bond motifs is 2. The molecule has 88 heavy (non-hydrogen) atoms. The van der Waals surface area contributed by atoms with Crippen LogP contribution in [0.2, 0.25) is 0 Å². The summed E-state index contributed by atoms with van der Waals surface area (Å²) in [6, 6.07) is 22.1. The van der Waals surface area contributed by atoms with Crippen LogP contribution in [-0.4, -0.2) is 271 Å². The first kappa shape index (κ1) is 81.1. The minimum absolute atomic E-state index is 0. The summed E-state index contributed by atoms with van der Waals surface area (Å²) in [5.74, 6) is -1.86. The number of nitrogens with one attached hydrogen (secondary N) is 2. The number of phenolic OH excluding ortho intramolecular Hbond substituents is 2. The average Bonchev–Trinajstić information content (AvgIpc) is 3.49. The fourth-order valence-corrected chi connectivity index (χ4v) is 10.8. The molecule has 0 heterocycles. The maximum atomic E-state index is 13.3. The van der Waals surface area contributed by atoms with Gasteiger partial charge in [0.1, 0.15) is 42.3 Å². The van der Waals surface area contributed by atoms with Crippen LogP contribution in [0.3, 0.4) is 0 Å². The van der Waals surface area contributed by atoms with E-state index in [9.17, 15) is 83.7 Å². The second-order valence-electron chi connectivity index (χ2n) is 16.5. The fourth-order valence-electron chi connectivity index (χ4n) is 7.26. The number of nitrogens with zero attached hydrogens (tertiary/aromatic N) is 8. The summed E-state index contributed by atoms with van der Waals surface area (Å²) in [5.41, 5.74) is -3.53. The molecule has 6 radical (unpaired) electrons. The van der Waals surface area contributed by atoms with Crippen molar-refractivity contribution in [2.45, 2.75) is 29.4 Å². The predicted molar refractivity (Wildman–Crippen MR) is 320 cm³/mol. The Morgan fingerprint density at radius 1 is 0.318 bits per heavy atom. The van der Waals surface area contributed by atoms with E-state index >= 15 is 0 Å². The van der Waals surface area contributed by atoms with Gasteiger partial charge in [0.25, 0.3) is 60.7 Å². The number of urea groups is 1. The first-order chi connectivity index (χ1) is 38.1. The van der Waals surface area contributed by atoms with Crippen molar-refractivity contribution in [2.24, 2.45) is 40.9 Å². The quantitative estimate of drug-likeness (QED) is 0.0249. The number of anilines is 2. The summed E-state index contributed by atoms with van der Waals surface area (Å²) in [7, 11) is -29.9. The molecule has 0 spiro atoms. The molecule has 0 unspecified atom stereocenters. The first-order valence-electron chi connectivity index (χ1n) is 21.8. The van der Waals surface area contributed by atoms with Crippen LogP contribution in [0, 0.1) is 0 Å². The van der Waals surface area contributed by atoms with Gasteiger partial charge in [-0.25, -0.2) is 4.79 Å². The Kier molecular flexibility index (Phi) is 29.7. The molecule has 0 aliphatic carbocycles. The summed E-state index contributed by atoms with van der Waals surface area (Å²) >= 11 is 0. The molecular weight excluding hydrogens is 1350 g/mol. The van der Waals surface area contributed by atoms with Gasteiger partial charge in [-0.15, -0.1) is 20.5 Å². The van der Waals surface area contributed by atoms with Crippen LogP contribution in [0.25, 0.3) is 21.5 Å². The zero-order valence-corrected chi connectivity index (χ0v) is 63.0. The number of rotatable bonds is 16. The maximum Gasteiger partial charge on any atom is 0.323 e. The van der Waals surface area contributed by atoms with Crippen molar-refractivity contribution < 1.29 is 92.8 Å². The van der Waals surface area contributed by atoms with Gasteiger partial charge in [0.05, 0.1) is 32.5 Å². The molecule has 8 rings (SSSR count). The standard InChI is InChI=1S/C45H32N10O21S6.6Na/c56-43-33-13-5-27(17-23(33)19-39(81(71,72)73)41(43)54-52-35-15-7-29(21-37(35)79(65,66)67)50-48-25-1-9-31(10-2-25)77(59,60)61)46-45(58)47-28-6-14-34-24(18-28)20-40(82(74,75)76)42(44(34)57)55-53-36-16-8-30(22-38(36)80(68,69)70)51-49-26-3-11-32(12-4-26)78(62,63)64;;;;;;/h1-22,56-57H,(H2,46,47,58)(H,59,60,61)(H,62,63,64)(H,65,66,67)(H,68,69,70)(H,71,72,73)(H,74,75,76);;;;;;. The van der Waals surface area contributed by atoms with E-state index in [1.54, 1.807) is 0 Å². The molecular formula is C45H32N10Na6O21S6. The summed E-state index contributed by atoms with van der Waals surface area (Å²) in [4.78, 5) is 8.37. The zero-order chi connectivity index (χ0) is 59.9. The van der Waals surface area contributed by atoms with E-state index in [0.717, 1.165) is 109 Å². The second-order valence-corrected chi connectivity index (χ2v) is 24.9. The number of hydrogen-bond donors (Lipinski definition) is 10. The van der Waals surface area contributed by atoms with Crippen molar-refractivity contribution in [3.05, 3.63) is 133 Å². The Balaban J connectivity index is 0.00000440. The van der Waals surface area contributed by atoms with Crippen LogP contribution in [-0.2, 0) is 60.7 Å². The Labute approximate surface area is 631 Å². The Morgan fingerprint density at radius 2 is 0.614 bits per heavy atom. The van der Waals surface area contributed by atoms with Crippen LogP contribution in [0.1, 0.15) is 0 Å². The molecule has 8 aromatic rings. The number of phenols is 2. The van der Waals surface area contributed by atoms with Crippen molar-refractivity contribution in [1.82, 2.24) is 0 Å². The van der Waals surface area contributed by atoms with Gasteiger partial charge in [-0.1, -0.05) is 0 Å². The van der Waals surface area contributed by atoms with E-state index in [4.69, 9.17) is 9.11 Å². The number of carbonyl (C=O) groups is 1. The van der Waals surface area contributed by atoms with E-state index in [1.807, 2.05) is 0 Å². The molecule has 0 saturated heterocycles. The Morgan fingerprint density at radius 3 is 0.909 bits per heavy atom. The normalized spacial score (nSPS) is 12.2. The maximum absolute atomic E-state index is 13.3. The van der Waals surface area contributed by atoms with Gasteiger partial charge < -0.3 is 20.8 Å². The molecule has 0 aliphatic rings. The van der Waals surface area contributed by atoms with Gasteiger partial charge in [0.15, 0.2) is 11.5 Å². The molecule has 10 N–H and O–H groups in total. The average molecular weight is 1380 g/mol. The third-order valence-corrected chi connectivity index (χ3v) is 16.2. The van der Waals surface area contributed by atoms with Crippen LogP contribution in [0.4, 0.5) is 61.7 Å². The molecule has 0 aliphatic heterocycles. The van der Waals surface area contributed by atoms with Crippen molar-refractivity contribution in [2.75, 3.05) is 10.6 Å². The molecule has 0 aromatic heterocycles. The SMILES string of the molecule is O=C(Nc1ccc2c(O)c(N=Nc3ccc(N=Nc4ccc(S(=O)(=O)O)cc4)cc3S(=O)(=O)O)c(S(=O)(=O)O)cc2c1)Nc1ccc2c(O)c(N=Nc3ccc(N=Nc4ccc(S(=O)(=O)O)cc4)cc3S(=O)(=O)O)c(S(=O)(=O)O)cc2c1.[Na].[Na].[Na].[Na].[Na].[Na]. The van der Waals surface area contributed by atoms with Crippen LogP contribution >= 0.6 is 0 Å². The first-order valence-corrected chi connectivity index (χ1v) is 30.5. The van der Waals surface area contributed by atoms with Crippen molar-refractivity contribution >= 4 is 323 Å².